The summed E-state index contributed by atoms with van der Waals surface area (Å²) in [5.74, 6) is 2.49. The molecule has 0 aliphatic carbocycles. The Morgan fingerprint density at radius 2 is 2.22 bits per heavy atom. The van der Waals surface area contributed by atoms with Crippen LogP contribution in [0.1, 0.15) is 12.8 Å². The number of ether oxygens (including phenoxy) is 1. The van der Waals surface area contributed by atoms with Gasteiger partial charge in [0.1, 0.15) is 0 Å². The number of terminal acetylenes is 1. The fourth-order valence-electron chi connectivity index (χ4n) is 0.419. The smallest absolute Gasteiger partial charge is 0.0575 e. The van der Waals surface area contributed by atoms with Gasteiger partial charge in [0.2, 0.25) is 0 Å². The van der Waals surface area contributed by atoms with Crippen molar-refractivity contribution in [3.8, 4) is 12.3 Å². The molecule has 0 heterocycles. The Balaban J connectivity index is 2.69. The fourth-order valence-corrected chi connectivity index (χ4v) is 0.419. The van der Waals surface area contributed by atoms with Crippen LogP contribution in [-0.4, -0.2) is 19.8 Å². The maximum atomic E-state index is 5.22. The summed E-state index contributed by atoms with van der Waals surface area (Å²) < 4.78 is 5.09. The summed E-state index contributed by atoms with van der Waals surface area (Å²) in [5.41, 5.74) is 5.22. The molecule has 0 aromatic carbocycles. The lowest BCUT2D eigenvalue weighted by Crippen LogP contribution is -2.04. The van der Waals surface area contributed by atoms with Crippen molar-refractivity contribution < 1.29 is 4.74 Å². The van der Waals surface area contributed by atoms with Gasteiger partial charge in [-0.3, -0.25) is 0 Å². The first kappa shape index (κ1) is 8.48. The topological polar surface area (TPSA) is 35.2 Å². The van der Waals surface area contributed by atoms with Gasteiger partial charge >= 0.3 is 0 Å². The van der Waals surface area contributed by atoms with Crippen LogP contribution in [0.5, 0.6) is 0 Å². The zero-order chi connectivity index (χ0) is 6.95. The van der Waals surface area contributed by atoms with Crippen molar-refractivity contribution >= 4 is 0 Å². The summed E-state index contributed by atoms with van der Waals surface area (Å²) >= 11 is 0. The molecule has 52 valence electrons. The van der Waals surface area contributed by atoms with Gasteiger partial charge in [-0.2, -0.15) is 0 Å². The van der Waals surface area contributed by atoms with Crippen molar-refractivity contribution in [3.63, 3.8) is 0 Å². The van der Waals surface area contributed by atoms with Gasteiger partial charge in [-0.05, 0) is 13.0 Å². The first-order chi connectivity index (χ1) is 4.41. The second-order valence-corrected chi connectivity index (χ2v) is 1.71. The molecule has 0 aliphatic rings. The van der Waals surface area contributed by atoms with Gasteiger partial charge < -0.3 is 10.5 Å². The lowest BCUT2D eigenvalue weighted by molar-refractivity contribution is 0.139. The lowest BCUT2D eigenvalue weighted by Gasteiger charge is -1.97. The molecule has 0 fully saturated rings. The zero-order valence-electron chi connectivity index (χ0n) is 5.60. The fraction of sp³-hybridized carbons (Fsp3) is 0.714. The molecule has 0 saturated heterocycles. The van der Waals surface area contributed by atoms with Crippen LogP contribution in [0.15, 0.2) is 0 Å². The Morgan fingerprint density at radius 3 is 2.78 bits per heavy atom. The molecule has 0 radical (unpaired) electrons. The van der Waals surface area contributed by atoms with E-state index in [-0.39, 0.29) is 0 Å². The molecule has 0 saturated carbocycles. The Kier molecular flexibility index (Phi) is 7.05. The molecule has 2 nitrogen and oxygen atoms in total. The Labute approximate surface area is 56.4 Å². The van der Waals surface area contributed by atoms with Crippen molar-refractivity contribution in [2.75, 3.05) is 19.8 Å². The van der Waals surface area contributed by atoms with E-state index in [0.29, 0.717) is 19.6 Å². The molecule has 9 heavy (non-hydrogen) atoms. The number of rotatable bonds is 5. The highest BCUT2D eigenvalue weighted by Crippen LogP contribution is 1.81. The average Bonchev–Trinajstić information content (AvgIpc) is 1.89. The highest BCUT2D eigenvalue weighted by Gasteiger charge is 1.83. The van der Waals surface area contributed by atoms with Crippen molar-refractivity contribution in [2.45, 2.75) is 12.8 Å². The molecule has 0 aliphatic heterocycles. The van der Waals surface area contributed by atoms with Crippen LogP contribution in [0.25, 0.3) is 0 Å². The molecule has 0 aromatic rings. The quantitative estimate of drug-likeness (QED) is 0.428. The van der Waals surface area contributed by atoms with Crippen molar-refractivity contribution in [1.82, 2.24) is 0 Å². The Morgan fingerprint density at radius 1 is 1.44 bits per heavy atom. The first-order valence-corrected chi connectivity index (χ1v) is 3.13. The third-order valence-electron chi connectivity index (χ3n) is 0.884. The van der Waals surface area contributed by atoms with Gasteiger partial charge in [0, 0.05) is 13.0 Å². The van der Waals surface area contributed by atoms with E-state index in [9.17, 15) is 0 Å². The van der Waals surface area contributed by atoms with Gasteiger partial charge in [0.05, 0.1) is 6.61 Å². The average molecular weight is 127 g/mol. The molecular formula is C7H13NO. The van der Waals surface area contributed by atoms with Crippen LogP contribution < -0.4 is 5.73 Å². The zero-order valence-corrected chi connectivity index (χ0v) is 5.60. The van der Waals surface area contributed by atoms with Gasteiger partial charge in [-0.15, -0.1) is 12.3 Å². The van der Waals surface area contributed by atoms with Gasteiger partial charge in [-0.25, -0.2) is 0 Å². The Hall–Kier alpha value is -0.520. The van der Waals surface area contributed by atoms with Crippen LogP contribution in [0.2, 0.25) is 0 Å². The van der Waals surface area contributed by atoms with Crippen LogP contribution in [0.4, 0.5) is 0 Å². The van der Waals surface area contributed by atoms with Gasteiger partial charge in [0.25, 0.3) is 0 Å². The lowest BCUT2D eigenvalue weighted by atomic mass is 10.4. The molecule has 2 N–H and O–H groups in total. The second-order valence-electron chi connectivity index (χ2n) is 1.71. The molecule has 0 atom stereocenters. The van der Waals surface area contributed by atoms with E-state index in [0.717, 1.165) is 13.0 Å². The molecule has 0 bridgehead atoms. The molecule has 0 spiro atoms. The largest absolute Gasteiger partial charge is 0.380 e. The molecule has 0 aromatic heterocycles. The third-order valence-corrected chi connectivity index (χ3v) is 0.884. The summed E-state index contributed by atoms with van der Waals surface area (Å²) in [4.78, 5) is 0. The summed E-state index contributed by atoms with van der Waals surface area (Å²) in [7, 11) is 0. The normalized spacial score (nSPS) is 8.89. The van der Waals surface area contributed by atoms with Crippen LogP contribution in [0, 0.1) is 12.3 Å². The molecule has 0 unspecified atom stereocenters. The standard InChI is InChI=1S/C7H13NO/c1-2-3-6-9-7-4-5-8/h1H,3-8H2. The highest BCUT2D eigenvalue weighted by molar-refractivity contribution is 4.82. The van der Waals surface area contributed by atoms with Crippen LogP contribution in [0.3, 0.4) is 0 Å². The SMILES string of the molecule is C#CCCOCCCN. The van der Waals surface area contributed by atoms with E-state index in [1.54, 1.807) is 0 Å². The minimum absolute atomic E-state index is 0.663. The van der Waals surface area contributed by atoms with E-state index < -0.39 is 0 Å². The van der Waals surface area contributed by atoms with E-state index in [2.05, 4.69) is 5.92 Å². The van der Waals surface area contributed by atoms with Gasteiger partial charge in [0.15, 0.2) is 0 Å². The van der Waals surface area contributed by atoms with Crippen LogP contribution >= 0.6 is 0 Å². The van der Waals surface area contributed by atoms with Crippen molar-refractivity contribution in [3.05, 3.63) is 0 Å². The minimum atomic E-state index is 0.663. The highest BCUT2D eigenvalue weighted by atomic mass is 16.5. The summed E-state index contributed by atoms with van der Waals surface area (Å²) in [6, 6.07) is 0. The molecule has 0 rings (SSSR count). The maximum Gasteiger partial charge on any atom is 0.0575 e. The number of hydrogen-bond donors (Lipinski definition) is 1. The first-order valence-electron chi connectivity index (χ1n) is 3.13. The predicted molar refractivity (Wildman–Crippen MR) is 37.9 cm³/mol. The van der Waals surface area contributed by atoms with Crippen molar-refractivity contribution in [2.24, 2.45) is 5.73 Å². The minimum Gasteiger partial charge on any atom is -0.380 e. The van der Waals surface area contributed by atoms with Crippen LogP contribution in [-0.2, 0) is 4.74 Å². The molecule has 2 heteroatoms. The second kappa shape index (κ2) is 7.48. The maximum absolute atomic E-state index is 5.22. The number of hydrogen-bond acceptors (Lipinski definition) is 2. The molecular weight excluding hydrogens is 114 g/mol. The van der Waals surface area contributed by atoms with Crippen molar-refractivity contribution in [1.29, 1.82) is 0 Å². The van der Waals surface area contributed by atoms with E-state index in [1.165, 1.54) is 0 Å². The van der Waals surface area contributed by atoms with E-state index >= 15 is 0 Å². The van der Waals surface area contributed by atoms with E-state index in [1.807, 2.05) is 0 Å². The molecule has 0 amide bonds. The summed E-state index contributed by atoms with van der Waals surface area (Å²) in [6.45, 7) is 2.09. The monoisotopic (exact) mass is 127 g/mol. The van der Waals surface area contributed by atoms with E-state index in [4.69, 9.17) is 16.9 Å². The summed E-state index contributed by atoms with van der Waals surface area (Å²) in [6.07, 6.45) is 6.61. The number of nitrogens with two attached hydrogens (primary N) is 1. The van der Waals surface area contributed by atoms with Gasteiger partial charge in [-0.1, -0.05) is 0 Å². The summed E-state index contributed by atoms with van der Waals surface area (Å²) in [5, 5.41) is 0. The Bertz CT molecular complexity index is 85.4. The third kappa shape index (κ3) is 7.48. The predicted octanol–water partition coefficient (Wildman–Crippen LogP) is 0.375.